The number of hydrogen-bond acceptors (Lipinski definition) is 3. The van der Waals surface area contributed by atoms with Crippen LogP contribution in [0.3, 0.4) is 0 Å². The van der Waals surface area contributed by atoms with E-state index in [2.05, 4.69) is 10.3 Å². The van der Waals surface area contributed by atoms with Crippen molar-refractivity contribution < 1.29 is 4.79 Å². The number of pyridine rings is 1. The number of nitrogens with one attached hydrogen (secondary N) is 1. The third-order valence-corrected chi connectivity index (χ3v) is 3.40. The first kappa shape index (κ1) is 12.9. The summed E-state index contributed by atoms with van der Waals surface area (Å²) in [5.74, 6) is 1.14. The molecule has 0 spiro atoms. The van der Waals surface area contributed by atoms with Crippen LogP contribution < -0.4 is 5.32 Å². The van der Waals surface area contributed by atoms with Crippen molar-refractivity contribution in [1.29, 1.82) is 0 Å². The van der Waals surface area contributed by atoms with Crippen molar-refractivity contribution in [2.45, 2.75) is 32.7 Å². The average molecular weight is 247 g/mol. The van der Waals surface area contributed by atoms with E-state index >= 15 is 0 Å². The molecule has 0 bridgehead atoms. The largest absolute Gasteiger partial charge is 0.373 e. The summed E-state index contributed by atoms with van der Waals surface area (Å²) >= 11 is 0. The smallest absolute Gasteiger partial charge is 0.225 e. The van der Waals surface area contributed by atoms with Crippen molar-refractivity contribution in [2.24, 2.45) is 5.92 Å². The first-order valence-corrected chi connectivity index (χ1v) is 6.58. The molecular formula is C14H21N3O. The lowest BCUT2D eigenvalue weighted by Gasteiger charge is -2.26. The lowest BCUT2D eigenvalue weighted by Crippen LogP contribution is -2.34. The molecular weight excluding hydrogens is 226 g/mol. The number of aromatic nitrogens is 1. The van der Waals surface area contributed by atoms with E-state index in [9.17, 15) is 4.79 Å². The number of carbonyl (C=O) groups is 1. The molecule has 1 aliphatic heterocycles. The molecule has 4 nitrogen and oxygen atoms in total. The van der Waals surface area contributed by atoms with Crippen LogP contribution >= 0.6 is 0 Å². The van der Waals surface area contributed by atoms with Gasteiger partial charge in [0.15, 0.2) is 0 Å². The van der Waals surface area contributed by atoms with Gasteiger partial charge in [-0.25, -0.2) is 4.98 Å². The van der Waals surface area contributed by atoms with Crippen LogP contribution in [-0.2, 0) is 4.79 Å². The van der Waals surface area contributed by atoms with Crippen LogP contribution in [0.2, 0.25) is 0 Å². The Bertz CT molecular complexity index is 431. The quantitative estimate of drug-likeness (QED) is 0.892. The highest BCUT2D eigenvalue weighted by atomic mass is 16.2. The van der Waals surface area contributed by atoms with E-state index in [0.29, 0.717) is 0 Å². The van der Waals surface area contributed by atoms with E-state index < -0.39 is 0 Å². The number of hydrogen-bond donors (Lipinski definition) is 1. The van der Waals surface area contributed by atoms with Crippen molar-refractivity contribution in [3.8, 4) is 0 Å². The average Bonchev–Trinajstić information content (AvgIpc) is 2.86. The van der Waals surface area contributed by atoms with Gasteiger partial charge in [-0.15, -0.1) is 0 Å². The van der Waals surface area contributed by atoms with E-state index in [1.54, 1.807) is 0 Å². The second-order valence-corrected chi connectivity index (χ2v) is 5.04. The second kappa shape index (κ2) is 5.38. The van der Waals surface area contributed by atoms with E-state index in [-0.39, 0.29) is 17.9 Å². The van der Waals surface area contributed by atoms with Crippen LogP contribution in [0.25, 0.3) is 0 Å². The molecule has 1 N–H and O–H groups in total. The minimum Gasteiger partial charge on any atom is -0.373 e. The van der Waals surface area contributed by atoms with Gasteiger partial charge in [0.2, 0.25) is 5.91 Å². The zero-order valence-corrected chi connectivity index (χ0v) is 11.3. The van der Waals surface area contributed by atoms with Gasteiger partial charge >= 0.3 is 0 Å². The molecule has 0 aliphatic carbocycles. The molecule has 1 unspecified atom stereocenters. The van der Waals surface area contributed by atoms with Gasteiger partial charge in [0.05, 0.1) is 11.7 Å². The number of likely N-dealkylation sites (tertiary alicyclic amines) is 1. The number of amides is 1. The molecule has 1 fully saturated rings. The zero-order chi connectivity index (χ0) is 13.1. The van der Waals surface area contributed by atoms with E-state index in [0.717, 1.165) is 30.9 Å². The second-order valence-electron chi connectivity index (χ2n) is 5.04. The molecule has 0 aromatic carbocycles. The summed E-state index contributed by atoms with van der Waals surface area (Å²) in [4.78, 5) is 18.7. The molecule has 2 heterocycles. The van der Waals surface area contributed by atoms with Gasteiger partial charge in [0, 0.05) is 19.5 Å². The normalized spacial score (nSPS) is 19.3. The van der Waals surface area contributed by atoms with Crippen LogP contribution in [0.4, 0.5) is 5.82 Å². The lowest BCUT2D eigenvalue weighted by atomic mass is 10.1. The van der Waals surface area contributed by atoms with Gasteiger partial charge < -0.3 is 10.2 Å². The SMILES string of the molecule is CNc1cccc(C2CCCN2C(=O)C(C)C)n1. The maximum Gasteiger partial charge on any atom is 0.225 e. The predicted octanol–water partition coefficient (Wildman–Crippen LogP) is 2.44. The zero-order valence-electron chi connectivity index (χ0n) is 11.3. The predicted molar refractivity (Wildman–Crippen MR) is 72.3 cm³/mol. The van der Waals surface area contributed by atoms with Crippen LogP contribution in [0.15, 0.2) is 18.2 Å². The Morgan fingerprint density at radius 2 is 2.28 bits per heavy atom. The highest BCUT2D eigenvalue weighted by Crippen LogP contribution is 2.32. The topological polar surface area (TPSA) is 45.2 Å². The minimum absolute atomic E-state index is 0.0538. The fraction of sp³-hybridized carbons (Fsp3) is 0.571. The van der Waals surface area contributed by atoms with Crippen molar-refractivity contribution in [3.63, 3.8) is 0 Å². The third kappa shape index (κ3) is 2.47. The molecule has 1 amide bonds. The Balaban J connectivity index is 2.23. The molecule has 1 aromatic heterocycles. The van der Waals surface area contributed by atoms with Crippen LogP contribution in [-0.4, -0.2) is 29.4 Å². The lowest BCUT2D eigenvalue weighted by molar-refractivity contribution is -0.135. The number of carbonyl (C=O) groups excluding carboxylic acids is 1. The summed E-state index contributed by atoms with van der Waals surface area (Å²) in [6, 6.07) is 6.09. The van der Waals surface area contributed by atoms with Gasteiger partial charge in [-0.2, -0.15) is 0 Å². The van der Waals surface area contributed by atoms with Crippen LogP contribution in [0, 0.1) is 5.92 Å². The molecule has 0 radical (unpaired) electrons. The maximum atomic E-state index is 12.2. The van der Waals surface area contributed by atoms with Crippen molar-refractivity contribution in [2.75, 3.05) is 18.9 Å². The highest BCUT2D eigenvalue weighted by molar-refractivity contribution is 5.78. The number of anilines is 1. The molecule has 1 atom stereocenters. The monoisotopic (exact) mass is 247 g/mol. The van der Waals surface area contributed by atoms with Gasteiger partial charge in [-0.05, 0) is 25.0 Å². The molecule has 1 saturated heterocycles. The van der Waals surface area contributed by atoms with Gasteiger partial charge in [-0.1, -0.05) is 19.9 Å². The summed E-state index contributed by atoms with van der Waals surface area (Å²) < 4.78 is 0. The molecule has 1 aliphatic rings. The van der Waals surface area contributed by atoms with Crippen molar-refractivity contribution in [3.05, 3.63) is 23.9 Å². The van der Waals surface area contributed by atoms with Gasteiger partial charge in [0.1, 0.15) is 5.82 Å². The molecule has 18 heavy (non-hydrogen) atoms. The van der Waals surface area contributed by atoms with Crippen molar-refractivity contribution in [1.82, 2.24) is 9.88 Å². The summed E-state index contributed by atoms with van der Waals surface area (Å²) in [7, 11) is 1.86. The Hall–Kier alpha value is -1.58. The fourth-order valence-electron chi connectivity index (χ4n) is 2.45. The molecule has 0 saturated carbocycles. The fourth-order valence-corrected chi connectivity index (χ4v) is 2.45. The van der Waals surface area contributed by atoms with Crippen LogP contribution in [0.5, 0.6) is 0 Å². The Morgan fingerprint density at radius 1 is 1.50 bits per heavy atom. The van der Waals surface area contributed by atoms with Gasteiger partial charge in [0.25, 0.3) is 0 Å². The third-order valence-electron chi connectivity index (χ3n) is 3.40. The summed E-state index contributed by atoms with van der Waals surface area (Å²) in [5.41, 5.74) is 0.994. The summed E-state index contributed by atoms with van der Waals surface area (Å²) in [5, 5.41) is 3.04. The summed E-state index contributed by atoms with van der Waals surface area (Å²) in [6.45, 7) is 4.76. The maximum absolute atomic E-state index is 12.2. The first-order chi connectivity index (χ1) is 8.63. The highest BCUT2D eigenvalue weighted by Gasteiger charge is 2.31. The number of nitrogens with zero attached hydrogens (tertiary/aromatic N) is 2. The molecule has 4 heteroatoms. The van der Waals surface area contributed by atoms with Crippen LogP contribution in [0.1, 0.15) is 38.4 Å². The van der Waals surface area contributed by atoms with E-state index in [1.165, 1.54) is 0 Å². The molecule has 98 valence electrons. The van der Waals surface area contributed by atoms with Crippen molar-refractivity contribution >= 4 is 11.7 Å². The van der Waals surface area contributed by atoms with Gasteiger partial charge in [-0.3, -0.25) is 4.79 Å². The number of rotatable bonds is 3. The minimum atomic E-state index is 0.0538. The standard InChI is InChI=1S/C14H21N3O/c1-10(2)14(18)17-9-5-7-12(17)11-6-4-8-13(15-3)16-11/h4,6,8,10,12H,5,7,9H2,1-3H3,(H,15,16). The first-order valence-electron chi connectivity index (χ1n) is 6.58. The summed E-state index contributed by atoms with van der Waals surface area (Å²) in [6.07, 6.45) is 2.08. The Morgan fingerprint density at radius 3 is 2.94 bits per heavy atom. The Kier molecular flexibility index (Phi) is 3.84. The van der Waals surface area contributed by atoms with E-state index in [1.807, 2.05) is 44.0 Å². The molecule has 1 aromatic rings. The molecule has 2 rings (SSSR count). The van der Waals surface area contributed by atoms with E-state index in [4.69, 9.17) is 0 Å². The Labute approximate surface area is 108 Å².